The summed E-state index contributed by atoms with van der Waals surface area (Å²) in [6.07, 6.45) is 2.61. The molecule has 4 rings (SSSR count). The molecule has 2 N–H and O–H groups in total. The van der Waals surface area contributed by atoms with Gasteiger partial charge in [0.15, 0.2) is 15.6 Å². The van der Waals surface area contributed by atoms with Crippen molar-refractivity contribution < 1.29 is 17.6 Å². The molecule has 29 heavy (non-hydrogen) atoms. The van der Waals surface area contributed by atoms with Crippen molar-refractivity contribution in [2.75, 3.05) is 6.54 Å². The molecule has 0 radical (unpaired) electrons. The first kappa shape index (κ1) is 19.0. The monoisotopic (exact) mass is 408 g/mol. The number of aromatic nitrogens is 1. The molecule has 0 bridgehead atoms. The highest BCUT2D eigenvalue weighted by atomic mass is 32.2. The zero-order valence-corrected chi connectivity index (χ0v) is 16.4. The zero-order chi connectivity index (χ0) is 20.3. The predicted octanol–water partition coefficient (Wildman–Crippen LogP) is 3.71. The summed E-state index contributed by atoms with van der Waals surface area (Å²) in [5.41, 5.74) is 2.18. The van der Waals surface area contributed by atoms with Crippen LogP contribution in [0.2, 0.25) is 0 Å². The number of H-pyrrole nitrogens is 1. The van der Waals surface area contributed by atoms with Crippen molar-refractivity contribution in [3.05, 3.63) is 90.0 Å². The number of hydrogen-bond donors (Lipinski definition) is 2. The van der Waals surface area contributed by atoms with Gasteiger partial charge in [-0.3, -0.25) is 4.79 Å². The van der Waals surface area contributed by atoms with Crippen LogP contribution in [0.4, 0.5) is 0 Å². The molecule has 148 valence electrons. The van der Waals surface area contributed by atoms with Gasteiger partial charge in [-0.05, 0) is 42.3 Å². The van der Waals surface area contributed by atoms with Crippen LogP contribution in [0, 0.1) is 0 Å². The van der Waals surface area contributed by atoms with Crippen LogP contribution in [-0.2, 0) is 22.0 Å². The normalized spacial score (nSPS) is 11.6. The van der Waals surface area contributed by atoms with Crippen LogP contribution in [0.15, 0.2) is 82.2 Å². The average Bonchev–Trinajstić information content (AvgIpc) is 3.36. The standard InChI is InChI=1S/C22H20N2O4S/c25-22(23-13-12-16-14-24-20-9-5-4-8-19(16)20)21-11-10-17(28-21)15-29(26,27)18-6-2-1-3-7-18/h1-11,14,24H,12-13,15H2,(H,23,25). The highest BCUT2D eigenvalue weighted by Crippen LogP contribution is 2.19. The van der Waals surface area contributed by atoms with Gasteiger partial charge in [-0.2, -0.15) is 0 Å². The Morgan fingerprint density at radius 3 is 2.55 bits per heavy atom. The molecule has 0 spiro atoms. The Morgan fingerprint density at radius 1 is 0.966 bits per heavy atom. The Kier molecular flexibility index (Phi) is 5.22. The smallest absolute Gasteiger partial charge is 0.287 e. The maximum atomic E-state index is 12.4. The predicted molar refractivity (Wildman–Crippen MR) is 110 cm³/mol. The minimum Gasteiger partial charge on any atom is -0.455 e. The van der Waals surface area contributed by atoms with Gasteiger partial charge in [-0.15, -0.1) is 0 Å². The van der Waals surface area contributed by atoms with E-state index in [2.05, 4.69) is 10.3 Å². The van der Waals surface area contributed by atoms with Crippen molar-refractivity contribution in [1.29, 1.82) is 0 Å². The minimum absolute atomic E-state index is 0.0992. The average molecular weight is 408 g/mol. The number of benzene rings is 2. The number of furan rings is 1. The second kappa shape index (κ2) is 7.97. The number of carbonyl (C=O) groups excluding carboxylic acids is 1. The molecule has 7 heteroatoms. The van der Waals surface area contributed by atoms with Crippen molar-refractivity contribution in [2.45, 2.75) is 17.1 Å². The van der Waals surface area contributed by atoms with Gasteiger partial charge in [0.05, 0.1) is 4.90 Å². The third-order valence-electron chi connectivity index (χ3n) is 4.67. The van der Waals surface area contributed by atoms with Crippen LogP contribution in [0.25, 0.3) is 10.9 Å². The lowest BCUT2D eigenvalue weighted by Gasteiger charge is -2.04. The Labute approximate surface area is 168 Å². The molecule has 0 fully saturated rings. The second-order valence-corrected chi connectivity index (χ2v) is 8.69. The lowest BCUT2D eigenvalue weighted by molar-refractivity contribution is 0.0925. The van der Waals surface area contributed by atoms with Gasteiger partial charge in [0.1, 0.15) is 11.5 Å². The van der Waals surface area contributed by atoms with Gasteiger partial charge < -0.3 is 14.7 Å². The molecule has 0 saturated carbocycles. The first-order valence-electron chi connectivity index (χ1n) is 9.23. The summed E-state index contributed by atoms with van der Waals surface area (Å²) in [7, 11) is -3.52. The van der Waals surface area contributed by atoms with Crippen LogP contribution in [-0.4, -0.2) is 25.9 Å². The summed E-state index contributed by atoms with van der Waals surface area (Å²) < 4.78 is 30.3. The molecule has 2 aromatic heterocycles. The van der Waals surface area contributed by atoms with Crippen molar-refractivity contribution in [1.82, 2.24) is 10.3 Å². The first-order chi connectivity index (χ1) is 14.0. The van der Waals surface area contributed by atoms with Crippen molar-refractivity contribution in [3.63, 3.8) is 0 Å². The summed E-state index contributed by atoms with van der Waals surface area (Å²) in [6.45, 7) is 0.443. The van der Waals surface area contributed by atoms with Gasteiger partial charge in [0, 0.05) is 23.6 Å². The van der Waals surface area contributed by atoms with Crippen molar-refractivity contribution >= 4 is 26.6 Å². The number of carbonyl (C=O) groups is 1. The number of aromatic amines is 1. The van der Waals surface area contributed by atoms with Gasteiger partial charge in [-0.25, -0.2) is 8.42 Å². The quantitative estimate of drug-likeness (QED) is 0.488. The molecule has 0 unspecified atom stereocenters. The molecular formula is C22H20N2O4S. The Hall–Kier alpha value is -3.32. The third-order valence-corrected chi connectivity index (χ3v) is 6.33. The topological polar surface area (TPSA) is 92.2 Å². The maximum Gasteiger partial charge on any atom is 0.287 e. The molecule has 2 heterocycles. The molecule has 2 aromatic carbocycles. The molecule has 1 amide bonds. The fraction of sp³-hybridized carbons (Fsp3) is 0.136. The third kappa shape index (κ3) is 4.25. The SMILES string of the molecule is O=C(NCCc1c[nH]c2ccccc12)c1ccc(CS(=O)(=O)c2ccccc2)o1. The largest absolute Gasteiger partial charge is 0.455 e. The van der Waals surface area contributed by atoms with Crippen LogP contribution in [0.3, 0.4) is 0 Å². The van der Waals surface area contributed by atoms with Crippen LogP contribution >= 0.6 is 0 Å². The van der Waals surface area contributed by atoms with Crippen molar-refractivity contribution in [2.24, 2.45) is 0 Å². The lowest BCUT2D eigenvalue weighted by atomic mass is 10.1. The molecule has 0 saturated heterocycles. The van der Waals surface area contributed by atoms with Crippen LogP contribution in [0.1, 0.15) is 21.9 Å². The van der Waals surface area contributed by atoms with Gasteiger partial charge in [-0.1, -0.05) is 36.4 Å². The Balaban J connectivity index is 1.36. The van der Waals surface area contributed by atoms with Gasteiger partial charge in [0.25, 0.3) is 5.91 Å². The second-order valence-electron chi connectivity index (χ2n) is 6.70. The zero-order valence-electron chi connectivity index (χ0n) is 15.6. The number of sulfone groups is 1. The molecule has 0 aliphatic rings. The van der Waals surface area contributed by atoms with Gasteiger partial charge >= 0.3 is 0 Å². The van der Waals surface area contributed by atoms with Crippen LogP contribution < -0.4 is 5.32 Å². The lowest BCUT2D eigenvalue weighted by Crippen LogP contribution is -2.25. The minimum atomic E-state index is -3.52. The van der Waals surface area contributed by atoms with E-state index in [9.17, 15) is 13.2 Å². The fourth-order valence-electron chi connectivity index (χ4n) is 3.21. The van der Waals surface area contributed by atoms with Crippen molar-refractivity contribution in [3.8, 4) is 0 Å². The summed E-state index contributed by atoms with van der Waals surface area (Å²) in [5, 5.41) is 3.95. The van der Waals surface area contributed by atoms with E-state index in [1.807, 2.05) is 30.5 Å². The molecule has 6 nitrogen and oxygen atoms in total. The molecular weight excluding hydrogens is 388 g/mol. The van der Waals surface area contributed by atoms with E-state index in [1.165, 1.54) is 24.3 Å². The number of fused-ring (bicyclic) bond motifs is 1. The highest BCUT2D eigenvalue weighted by Gasteiger charge is 2.19. The number of para-hydroxylation sites is 1. The van der Waals surface area contributed by atoms with E-state index >= 15 is 0 Å². The Morgan fingerprint density at radius 2 is 1.72 bits per heavy atom. The summed E-state index contributed by atoms with van der Waals surface area (Å²) in [5.74, 6) is -0.328. The molecule has 0 atom stereocenters. The molecule has 0 aliphatic heterocycles. The first-order valence-corrected chi connectivity index (χ1v) is 10.9. The van der Waals surface area contributed by atoms with Gasteiger partial charge in [0.2, 0.25) is 0 Å². The summed E-state index contributed by atoms with van der Waals surface area (Å²) >= 11 is 0. The van der Waals surface area contributed by atoms with Crippen LogP contribution in [0.5, 0.6) is 0 Å². The summed E-state index contributed by atoms with van der Waals surface area (Å²) in [6, 6.07) is 19.2. The van der Waals surface area contributed by atoms with E-state index in [0.29, 0.717) is 13.0 Å². The van der Waals surface area contributed by atoms with E-state index in [-0.39, 0.29) is 28.1 Å². The Bertz CT molecular complexity index is 1240. The molecule has 0 aliphatic carbocycles. The van der Waals surface area contributed by atoms with E-state index < -0.39 is 9.84 Å². The van der Waals surface area contributed by atoms with E-state index in [4.69, 9.17) is 4.42 Å². The molecule has 4 aromatic rings. The number of hydrogen-bond acceptors (Lipinski definition) is 4. The number of nitrogens with one attached hydrogen (secondary N) is 2. The highest BCUT2D eigenvalue weighted by molar-refractivity contribution is 7.90. The maximum absolute atomic E-state index is 12.4. The fourth-order valence-corrected chi connectivity index (χ4v) is 4.48. The number of rotatable bonds is 7. The summed E-state index contributed by atoms with van der Waals surface area (Å²) in [4.78, 5) is 15.8. The number of amides is 1. The van der Waals surface area contributed by atoms with E-state index in [0.717, 1.165) is 16.5 Å². The van der Waals surface area contributed by atoms with E-state index in [1.54, 1.807) is 18.2 Å².